The van der Waals surface area contributed by atoms with Crippen LogP contribution >= 0.6 is 11.6 Å². The van der Waals surface area contributed by atoms with Crippen LogP contribution < -0.4 is 10.3 Å². The first-order valence-electron chi connectivity index (χ1n) is 5.91. The highest BCUT2D eigenvalue weighted by molar-refractivity contribution is 6.63. The van der Waals surface area contributed by atoms with E-state index in [1.165, 1.54) is 11.7 Å². The molecule has 104 valence electrons. The summed E-state index contributed by atoms with van der Waals surface area (Å²) in [7, 11) is 3.11. The van der Waals surface area contributed by atoms with Crippen LogP contribution in [0.2, 0.25) is 0 Å². The Kier molecular flexibility index (Phi) is 4.20. The molecule has 0 unspecified atom stereocenters. The zero-order chi connectivity index (χ0) is 14.7. The van der Waals surface area contributed by atoms with Crippen LogP contribution in [0, 0.1) is 0 Å². The molecule has 0 radical (unpaired) electrons. The summed E-state index contributed by atoms with van der Waals surface area (Å²) in [5.41, 5.74) is 1.37. The Labute approximate surface area is 120 Å². The SMILES string of the molecule is COc1cccc(-c2cc(CC(=O)Cl)c(=O)n(C)n2)c1. The fourth-order valence-electron chi connectivity index (χ4n) is 1.87. The fraction of sp³-hybridized carbons (Fsp3) is 0.214. The van der Waals surface area contributed by atoms with Crippen molar-refractivity contribution in [2.24, 2.45) is 7.05 Å². The smallest absolute Gasteiger partial charge is 0.270 e. The largest absolute Gasteiger partial charge is 0.497 e. The van der Waals surface area contributed by atoms with E-state index in [-0.39, 0.29) is 12.0 Å². The zero-order valence-electron chi connectivity index (χ0n) is 11.1. The highest BCUT2D eigenvalue weighted by Gasteiger charge is 2.11. The van der Waals surface area contributed by atoms with E-state index in [1.807, 2.05) is 18.2 Å². The van der Waals surface area contributed by atoms with Crippen molar-refractivity contribution in [3.63, 3.8) is 0 Å². The average Bonchev–Trinajstić information content (AvgIpc) is 2.43. The van der Waals surface area contributed by atoms with Crippen LogP contribution in [0.5, 0.6) is 5.75 Å². The summed E-state index contributed by atoms with van der Waals surface area (Å²) >= 11 is 5.36. The molecule has 2 aromatic rings. The summed E-state index contributed by atoms with van der Waals surface area (Å²) in [5, 5.41) is 3.60. The third kappa shape index (κ3) is 3.05. The van der Waals surface area contributed by atoms with Crippen LogP contribution in [0.3, 0.4) is 0 Å². The Morgan fingerprint density at radius 3 is 2.80 bits per heavy atom. The molecule has 0 spiro atoms. The average molecular weight is 293 g/mol. The van der Waals surface area contributed by atoms with Crippen LogP contribution in [-0.2, 0) is 18.3 Å². The first kappa shape index (κ1) is 14.3. The molecule has 0 aliphatic rings. The zero-order valence-corrected chi connectivity index (χ0v) is 11.8. The van der Waals surface area contributed by atoms with Crippen molar-refractivity contribution < 1.29 is 9.53 Å². The first-order valence-corrected chi connectivity index (χ1v) is 6.29. The maximum absolute atomic E-state index is 11.9. The second-order valence-electron chi connectivity index (χ2n) is 4.25. The number of halogens is 1. The number of methoxy groups -OCH3 is 1. The molecule has 0 aliphatic carbocycles. The molecule has 20 heavy (non-hydrogen) atoms. The molecule has 0 N–H and O–H groups in total. The standard InChI is InChI=1S/C14H13ClN2O3/c1-17-14(19)10(8-13(15)18)7-12(16-17)9-4-3-5-11(6-9)20-2/h3-7H,8H2,1-2H3. The predicted octanol–water partition coefficient (Wildman–Crippen LogP) is 1.76. The summed E-state index contributed by atoms with van der Waals surface area (Å²) in [6, 6.07) is 8.88. The molecule has 1 aromatic heterocycles. The van der Waals surface area contributed by atoms with Gasteiger partial charge in [0.25, 0.3) is 5.56 Å². The third-order valence-corrected chi connectivity index (χ3v) is 2.97. The van der Waals surface area contributed by atoms with Crippen LogP contribution in [-0.4, -0.2) is 22.1 Å². The quantitative estimate of drug-likeness (QED) is 0.806. The molecule has 6 heteroatoms. The predicted molar refractivity (Wildman–Crippen MR) is 76.0 cm³/mol. The van der Waals surface area contributed by atoms with Crippen LogP contribution in [0.15, 0.2) is 35.1 Å². The molecule has 0 fully saturated rings. The molecule has 1 heterocycles. The van der Waals surface area contributed by atoms with Crippen molar-refractivity contribution in [2.75, 3.05) is 7.11 Å². The number of rotatable bonds is 4. The minimum absolute atomic E-state index is 0.117. The molecular formula is C14H13ClN2O3. The van der Waals surface area contributed by atoms with Gasteiger partial charge in [-0.3, -0.25) is 9.59 Å². The highest BCUT2D eigenvalue weighted by atomic mass is 35.5. The van der Waals surface area contributed by atoms with E-state index in [0.29, 0.717) is 17.0 Å². The van der Waals surface area contributed by atoms with Crippen molar-refractivity contribution in [1.82, 2.24) is 9.78 Å². The number of nitrogens with zero attached hydrogens (tertiary/aromatic N) is 2. The summed E-state index contributed by atoms with van der Waals surface area (Å²) in [6.07, 6.45) is -0.117. The van der Waals surface area contributed by atoms with Gasteiger partial charge in [-0.1, -0.05) is 12.1 Å². The second kappa shape index (κ2) is 5.88. The van der Waals surface area contributed by atoms with Gasteiger partial charge < -0.3 is 4.74 Å². The van der Waals surface area contributed by atoms with Crippen molar-refractivity contribution in [3.05, 3.63) is 46.2 Å². The number of ether oxygens (including phenoxy) is 1. The number of aryl methyl sites for hydroxylation is 1. The molecule has 2 rings (SSSR count). The van der Waals surface area contributed by atoms with E-state index in [4.69, 9.17) is 16.3 Å². The Balaban J connectivity index is 2.54. The van der Waals surface area contributed by atoms with Gasteiger partial charge in [-0.25, -0.2) is 4.68 Å². The van der Waals surface area contributed by atoms with Gasteiger partial charge in [0.1, 0.15) is 5.75 Å². The van der Waals surface area contributed by atoms with E-state index in [1.54, 1.807) is 19.2 Å². The van der Waals surface area contributed by atoms with Gasteiger partial charge in [0.15, 0.2) is 0 Å². The molecule has 0 saturated heterocycles. The van der Waals surface area contributed by atoms with Gasteiger partial charge in [0, 0.05) is 18.2 Å². The van der Waals surface area contributed by atoms with E-state index in [0.717, 1.165) is 5.56 Å². The molecule has 0 aliphatic heterocycles. The van der Waals surface area contributed by atoms with Gasteiger partial charge in [0.05, 0.1) is 19.2 Å². The molecule has 0 amide bonds. The lowest BCUT2D eigenvalue weighted by molar-refractivity contribution is -0.111. The fourth-order valence-corrected chi connectivity index (χ4v) is 2.01. The normalized spacial score (nSPS) is 10.3. The summed E-state index contributed by atoms with van der Waals surface area (Å²) in [4.78, 5) is 22.9. The molecule has 0 bridgehead atoms. The number of hydrogen-bond acceptors (Lipinski definition) is 4. The lowest BCUT2D eigenvalue weighted by atomic mass is 10.1. The highest BCUT2D eigenvalue weighted by Crippen LogP contribution is 2.22. The van der Waals surface area contributed by atoms with Crippen molar-refractivity contribution >= 4 is 16.8 Å². The molecular weight excluding hydrogens is 280 g/mol. The monoisotopic (exact) mass is 292 g/mol. The van der Waals surface area contributed by atoms with E-state index >= 15 is 0 Å². The van der Waals surface area contributed by atoms with Gasteiger partial charge in [-0.2, -0.15) is 5.10 Å². The number of carbonyl (C=O) groups is 1. The number of carbonyl (C=O) groups excluding carboxylic acids is 1. The van der Waals surface area contributed by atoms with Crippen molar-refractivity contribution in [1.29, 1.82) is 0 Å². The minimum atomic E-state index is -0.579. The summed E-state index contributed by atoms with van der Waals surface area (Å²) < 4.78 is 6.35. The maximum atomic E-state index is 11.9. The number of hydrogen-bond donors (Lipinski definition) is 0. The van der Waals surface area contributed by atoms with Crippen molar-refractivity contribution in [2.45, 2.75) is 6.42 Å². The van der Waals surface area contributed by atoms with Crippen molar-refractivity contribution in [3.8, 4) is 17.0 Å². The Morgan fingerprint density at radius 1 is 1.40 bits per heavy atom. The van der Waals surface area contributed by atoms with Crippen LogP contribution in [0.25, 0.3) is 11.3 Å². The number of aromatic nitrogens is 2. The van der Waals surface area contributed by atoms with Crippen LogP contribution in [0.1, 0.15) is 5.56 Å². The topological polar surface area (TPSA) is 61.2 Å². The lowest BCUT2D eigenvalue weighted by Gasteiger charge is -2.07. The summed E-state index contributed by atoms with van der Waals surface area (Å²) in [5.74, 6) is 0.688. The van der Waals surface area contributed by atoms with Gasteiger partial charge in [-0.15, -0.1) is 0 Å². The Hall–Kier alpha value is -2.14. The summed E-state index contributed by atoms with van der Waals surface area (Å²) in [6.45, 7) is 0. The molecule has 1 aromatic carbocycles. The van der Waals surface area contributed by atoms with Crippen LogP contribution in [0.4, 0.5) is 0 Å². The molecule has 5 nitrogen and oxygen atoms in total. The second-order valence-corrected chi connectivity index (χ2v) is 4.67. The maximum Gasteiger partial charge on any atom is 0.270 e. The van der Waals surface area contributed by atoms with Gasteiger partial charge in [-0.05, 0) is 29.8 Å². The van der Waals surface area contributed by atoms with Gasteiger partial charge in [0.2, 0.25) is 5.24 Å². The van der Waals surface area contributed by atoms with E-state index < -0.39 is 5.24 Å². The van der Waals surface area contributed by atoms with E-state index in [9.17, 15) is 9.59 Å². The lowest BCUT2D eigenvalue weighted by Crippen LogP contribution is -2.24. The Morgan fingerprint density at radius 2 is 2.15 bits per heavy atom. The third-order valence-electron chi connectivity index (χ3n) is 2.83. The first-order chi connectivity index (χ1) is 9.51. The van der Waals surface area contributed by atoms with E-state index in [2.05, 4.69) is 5.10 Å². The minimum Gasteiger partial charge on any atom is -0.497 e. The Bertz CT molecular complexity index is 710. The molecule has 0 saturated carbocycles. The molecule has 0 atom stereocenters. The van der Waals surface area contributed by atoms with Gasteiger partial charge >= 0.3 is 0 Å². The number of benzene rings is 1.